The molecule has 328 valence electrons. The second kappa shape index (κ2) is 17.5. The molecule has 70 heavy (non-hydrogen) atoms. The fourth-order valence-corrected chi connectivity index (χ4v) is 10.5. The molecule has 1 aliphatic carbocycles. The van der Waals surface area contributed by atoms with Gasteiger partial charge in [-0.15, -0.1) is 0 Å². The van der Waals surface area contributed by atoms with Crippen molar-refractivity contribution in [2.75, 3.05) is 0 Å². The lowest BCUT2D eigenvalue weighted by molar-refractivity contribution is 1.15. The molecule has 13 rings (SSSR count). The van der Waals surface area contributed by atoms with Crippen molar-refractivity contribution in [3.05, 3.63) is 265 Å². The zero-order valence-electron chi connectivity index (χ0n) is 38.3. The Hall–Kier alpha value is -9.12. The van der Waals surface area contributed by atoms with Crippen LogP contribution in [0.1, 0.15) is 22.3 Å². The smallest absolute Gasteiger partial charge is 0.0788 e. The van der Waals surface area contributed by atoms with E-state index in [4.69, 9.17) is 9.97 Å². The molecule has 4 nitrogen and oxygen atoms in total. The first-order chi connectivity index (χ1) is 34.7. The third-order valence-electron chi connectivity index (χ3n) is 14.0. The van der Waals surface area contributed by atoms with Gasteiger partial charge in [0, 0.05) is 52.3 Å². The maximum Gasteiger partial charge on any atom is 0.0788 e. The summed E-state index contributed by atoms with van der Waals surface area (Å²) in [6.07, 6.45) is 8.98. The van der Waals surface area contributed by atoms with Crippen LogP contribution in [0.4, 0.5) is 0 Å². The number of pyridine rings is 4. The number of aromatic nitrogens is 4. The van der Waals surface area contributed by atoms with Crippen LogP contribution in [0.2, 0.25) is 0 Å². The van der Waals surface area contributed by atoms with Gasteiger partial charge in [0.15, 0.2) is 0 Å². The zero-order valence-corrected chi connectivity index (χ0v) is 38.3. The van der Waals surface area contributed by atoms with Gasteiger partial charge in [-0.25, -0.2) is 9.97 Å². The lowest BCUT2D eigenvalue weighted by Gasteiger charge is -2.22. The Morgan fingerprint density at radius 3 is 1.34 bits per heavy atom. The Balaban J connectivity index is 0.978. The molecule has 0 amide bonds. The Kier molecular flexibility index (Phi) is 10.3. The molecule has 0 aliphatic heterocycles. The Morgan fingerprint density at radius 2 is 0.729 bits per heavy atom. The van der Waals surface area contributed by atoms with E-state index in [1.165, 1.54) is 49.9 Å². The average Bonchev–Trinajstić information content (AvgIpc) is 3.43. The standard InChI is InChI=1S/C66H44N4/c1-4-15-56-49(10-1)36-50-11-3-6-17-58(50)60-42-62-61(39-55(60)37-51-12-2-5-16-57(51)56)59-18-7-8-19-63(59)70-66(62)53-14-9-13-52(38-53)65-41-54(45-22-20-43(21-23-45)46-28-32-67-33-29-46)40-64(69-65)48-26-24-44(25-27-48)47-30-34-68-35-31-47/h1-35,38-42H,36-37H2. The van der Waals surface area contributed by atoms with Gasteiger partial charge in [0.25, 0.3) is 0 Å². The molecular weight excluding hydrogens is 849 g/mol. The van der Waals surface area contributed by atoms with E-state index in [2.05, 4.69) is 204 Å². The van der Waals surface area contributed by atoms with Crippen molar-refractivity contribution in [1.82, 2.24) is 19.9 Å². The molecule has 0 bridgehead atoms. The molecule has 0 atom stereocenters. The van der Waals surface area contributed by atoms with E-state index in [9.17, 15) is 0 Å². The van der Waals surface area contributed by atoms with E-state index < -0.39 is 0 Å². The lowest BCUT2D eigenvalue weighted by Crippen LogP contribution is -2.03. The first kappa shape index (κ1) is 41.1. The third-order valence-corrected chi connectivity index (χ3v) is 14.0. The van der Waals surface area contributed by atoms with Crippen LogP contribution in [0, 0.1) is 0 Å². The third kappa shape index (κ3) is 7.62. The highest BCUT2D eigenvalue weighted by Crippen LogP contribution is 2.43. The van der Waals surface area contributed by atoms with Crippen molar-refractivity contribution in [3.8, 4) is 89.4 Å². The molecule has 4 heteroatoms. The molecule has 8 aromatic carbocycles. The van der Waals surface area contributed by atoms with Crippen LogP contribution in [0.25, 0.3) is 111 Å². The van der Waals surface area contributed by atoms with Crippen LogP contribution in [0.3, 0.4) is 0 Å². The SMILES string of the molecule is c1cc(-c2cc(-c3ccc(-c4ccncc4)cc3)cc(-c3ccc(-c4ccncc4)cc3)n2)cc(-c2nc3ccccc3c3cc4c(cc23)-c2ccccc2Cc2ccccc2-c2ccccc2C4)c1. The van der Waals surface area contributed by atoms with Crippen molar-refractivity contribution in [2.24, 2.45) is 0 Å². The minimum Gasteiger partial charge on any atom is -0.265 e. The van der Waals surface area contributed by atoms with Crippen LogP contribution in [-0.4, -0.2) is 19.9 Å². The van der Waals surface area contributed by atoms with Crippen molar-refractivity contribution in [1.29, 1.82) is 0 Å². The van der Waals surface area contributed by atoms with E-state index >= 15 is 0 Å². The van der Waals surface area contributed by atoms with Gasteiger partial charge in [-0.3, -0.25) is 9.97 Å². The normalized spacial score (nSPS) is 11.9. The summed E-state index contributed by atoms with van der Waals surface area (Å²) in [5.41, 5.74) is 23.9. The maximum absolute atomic E-state index is 5.52. The summed E-state index contributed by atoms with van der Waals surface area (Å²) in [4.78, 5) is 19.4. The summed E-state index contributed by atoms with van der Waals surface area (Å²) in [6, 6.07) is 79.2. The van der Waals surface area contributed by atoms with Gasteiger partial charge in [-0.2, -0.15) is 0 Å². The Morgan fingerprint density at radius 1 is 0.257 bits per heavy atom. The monoisotopic (exact) mass is 892 g/mol. The summed E-state index contributed by atoms with van der Waals surface area (Å²) >= 11 is 0. The van der Waals surface area contributed by atoms with Gasteiger partial charge in [-0.05, 0) is 157 Å². The van der Waals surface area contributed by atoms with Gasteiger partial charge in [0.2, 0.25) is 0 Å². The number of hydrogen-bond acceptors (Lipinski definition) is 4. The number of fused-ring (bicyclic) bond motifs is 9. The fourth-order valence-electron chi connectivity index (χ4n) is 10.5. The first-order valence-corrected chi connectivity index (χ1v) is 23.9. The molecule has 0 N–H and O–H groups in total. The van der Waals surface area contributed by atoms with Crippen LogP contribution < -0.4 is 0 Å². The lowest BCUT2D eigenvalue weighted by atomic mass is 9.82. The zero-order chi connectivity index (χ0) is 46.4. The molecule has 0 unspecified atom stereocenters. The largest absolute Gasteiger partial charge is 0.265 e. The summed E-state index contributed by atoms with van der Waals surface area (Å²) in [5, 5.41) is 3.47. The number of para-hydroxylation sites is 1. The maximum atomic E-state index is 5.52. The van der Waals surface area contributed by atoms with Crippen LogP contribution in [-0.2, 0) is 12.8 Å². The number of hydrogen-bond donors (Lipinski definition) is 0. The highest BCUT2D eigenvalue weighted by Gasteiger charge is 2.21. The van der Waals surface area contributed by atoms with Gasteiger partial charge in [-0.1, -0.05) is 158 Å². The minimum absolute atomic E-state index is 0.800. The van der Waals surface area contributed by atoms with Gasteiger partial charge < -0.3 is 0 Å². The number of benzene rings is 8. The molecule has 0 fully saturated rings. The van der Waals surface area contributed by atoms with Gasteiger partial charge in [0.1, 0.15) is 0 Å². The number of rotatable bonds is 6. The Bertz CT molecular complexity index is 3820. The molecule has 4 aromatic heterocycles. The van der Waals surface area contributed by atoms with Gasteiger partial charge in [0.05, 0.1) is 22.6 Å². The van der Waals surface area contributed by atoms with Crippen molar-refractivity contribution in [3.63, 3.8) is 0 Å². The Labute approximate surface area is 407 Å². The van der Waals surface area contributed by atoms with E-state index in [1.807, 2.05) is 49.1 Å². The van der Waals surface area contributed by atoms with Crippen molar-refractivity contribution >= 4 is 21.7 Å². The first-order valence-electron chi connectivity index (χ1n) is 23.9. The molecule has 12 aromatic rings. The quantitative estimate of drug-likeness (QED) is 0.156. The van der Waals surface area contributed by atoms with E-state index in [-0.39, 0.29) is 0 Å². The molecule has 0 saturated carbocycles. The topological polar surface area (TPSA) is 51.6 Å². The molecule has 0 saturated heterocycles. The summed E-state index contributed by atoms with van der Waals surface area (Å²) < 4.78 is 0. The summed E-state index contributed by atoms with van der Waals surface area (Å²) in [7, 11) is 0. The highest BCUT2D eigenvalue weighted by molar-refractivity contribution is 6.12. The summed E-state index contributed by atoms with van der Waals surface area (Å²) in [6.45, 7) is 0. The van der Waals surface area contributed by atoms with Crippen LogP contribution in [0.5, 0.6) is 0 Å². The van der Waals surface area contributed by atoms with Crippen molar-refractivity contribution < 1.29 is 0 Å². The summed E-state index contributed by atoms with van der Waals surface area (Å²) in [5.74, 6) is 0. The van der Waals surface area contributed by atoms with E-state index in [0.29, 0.717) is 0 Å². The second-order valence-corrected chi connectivity index (χ2v) is 18.2. The molecule has 0 spiro atoms. The van der Waals surface area contributed by atoms with E-state index in [0.717, 1.165) is 96.3 Å². The molecule has 4 heterocycles. The predicted molar refractivity (Wildman–Crippen MR) is 288 cm³/mol. The minimum atomic E-state index is 0.800. The predicted octanol–water partition coefficient (Wildman–Crippen LogP) is 16.4. The fraction of sp³-hybridized carbons (Fsp3) is 0.0303. The van der Waals surface area contributed by atoms with E-state index in [1.54, 1.807) is 0 Å². The van der Waals surface area contributed by atoms with Crippen LogP contribution >= 0.6 is 0 Å². The molecule has 0 radical (unpaired) electrons. The molecule has 1 aliphatic rings. The second-order valence-electron chi connectivity index (χ2n) is 18.2. The highest BCUT2D eigenvalue weighted by atomic mass is 14.7. The average molecular weight is 893 g/mol. The molecular formula is C66H44N4. The van der Waals surface area contributed by atoms with Crippen LogP contribution in [0.15, 0.2) is 243 Å². The number of nitrogens with zero attached hydrogens (tertiary/aromatic N) is 4. The van der Waals surface area contributed by atoms with Gasteiger partial charge >= 0.3 is 0 Å². The van der Waals surface area contributed by atoms with Crippen molar-refractivity contribution in [2.45, 2.75) is 12.8 Å².